The fourth-order valence-corrected chi connectivity index (χ4v) is 4.96. The van der Waals surface area contributed by atoms with E-state index in [1.54, 1.807) is 24.8 Å². The van der Waals surface area contributed by atoms with Crippen LogP contribution in [0.1, 0.15) is 18.4 Å². The number of rotatable bonds is 6. The highest BCUT2D eigenvalue weighted by Gasteiger charge is 2.17. The third kappa shape index (κ3) is 4.67. The molecular weight excluding hydrogens is 465 g/mol. The zero-order valence-electron chi connectivity index (χ0n) is 19.5. The van der Waals surface area contributed by atoms with Crippen molar-refractivity contribution in [2.24, 2.45) is 10.7 Å². The Labute approximate surface area is 206 Å². The highest BCUT2D eigenvalue weighted by atomic mass is 32.1. The minimum absolute atomic E-state index is 0.262. The maximum absolute atomic E-state index is 15.1. The van der Waals surface area contributed by atoms with Gasteiger partial charge in [-0.25, -0.2) is 19.3 Å². The minimum atomic E-state index is -0.363. The van der Waals surface area contributed by atoms with Crippen LogP contribution < -0.4 is 15.8 Å². The lowest BCUT2D eigenvalue weighted by molar-refractivity contribution is 0.257. The first-order chi connectivity index (χ1) is 17.1. The number of hydrogen-bond donors (Lipinski definition) is 2. The number of allylic oxidation sites excluding steroid dienone is 1. The van der Waals surface area contributed by atoms with Gasteiger partial charge in [0.2, 0.25) is 0 Å². The van der Waals surface area contributed by atoms with Gasteiger partial charge in [0.1, 0.15) is 17.9 Å². The van der Waals surface area contributed by atoms with E-state index in [-0.39, 0.29) is 11.9 Å². The van der Waals surface area contributed by atoms with Crippen molar-refractivity contribution in [1.82, 2.24) is 19.9 Å². The number of hydrogen-bond acceptors (Lipinski definition) is 9. The van der Waals surface area contributed by atoms with Gasteiger partial charge in [0.15, 0.2) is 5.82 Å². The fraction of sp³-hybridized carbons (Fsp3) is 0.280. The third-order valence-corrected chi connectivity index (χ3v) is 7.09. The molecule has 0 atom stereocenters. The Balaban J connectivity index is 1.52. The van der Waals surface area contributed by atoms with Gasteiger partial charge in [-0.15, -0.1) is 11.3 Å². The van der Waals surface area contributed by atoms with Crippen molar-refractivity contribution in [3.63, 3.8) is 0 Å². The molecule has 2 aromatic carbocycles. The number of fused-ring (bicyclic) bond motifs is 2. The molecule has 2 aromatic heterocycles. The number of benzene rings is 2. The number of aliphatic imine (C=N–C) groups is 1. The number of thiazole rings is 1. The van der Waals surface area contributed by atoms with Crippen LogP contribution in [0, 0.1) is 5.82 Å². The third-order valence-electron chi connectivity index (χ3n) is 6.25. The van der Waals surface area contributed by atoms with Gasteiger partial charge in [-0.1, -0.05) is 0 Å². The molecule has 0 aliphatic carbocycles. The van der Waals surface area contributed by atoms with E-state index in [1.165, 1.54) is 23.9 Å². The number of nitrogens with zero attached hydrogens (tertiary/aromatic N) is 5. The quantitative estimate of drug-likeness (QED) is 0.380. The number of anilines is 2. The summed E-state index contributed by atoms with van der Waals surface area (Å²) in [4.78, 5) is 20.0. The lowest BCUT2D eigenvalue weighted by Crippen LogP contribution is -2.32. The molecule has 10 heteroatoms. The summed E-state index contributed by atoms with van der Waals surface area (Å²) in [5.74, 6) is 0.731. The summed E-state index contributed by atoms with van der Waals surface area (Å²) >= 11 is 1.26. The summed E-state index contributed by atoms with van der Waals surface area (Å²) in [7, 11) is 3.73. The van der Waals surface area contributed by atoms with Crippen LogP contribution in [0.15, 0.2) is 47.3 Å². The van der Waals surface area contributed by atoms with Gasteiger partial charge in [0.05, 0.1) is 40.1 Å². The standard InChI is InChI=1S/C25H26FN7OS/c1-33-7-5-16(6-8-33)28-12-15(11-27)17-9-18-21(10-22(17)34-2)29-13-30-25(18)32-19-3-4-20-24(23(19)26)35-14-31-20/h3-4,9-14,16H,5-8,27H2,1-2H3,(H,29,30,32)/b15-11+,28-12?. The van der Waals surface area contributed by atoms with Gasteiger partial charge in [-0.2, -0.15) is 0 Å². The Morgan fingerprint density at radius 1 is 1.23 bits per heavy atom. The van der Waals surface area contributed by atoms with E-state index in [9.17, 15) is 0 Å². The molecule has 5 rings (SSSR count). The monoisotopic (exact) mass is 491 g/mol. The molecule has 1 saturated heterocycles. The Morgan fingerprint density at radius 2 is 2.06 bits per heavy atom. The number of piperidine rings is 1. The number of ether oxygens (including phenoxy) is 1. The van der Waals surface area contributed by atoms with Crippen LogP contribution in [-0.2, 0) is 0 Å². The van der Waals surface area contributed by atoms with Gasteiger partial charge in [0.25, 0.3) is 0 Å². The van der Waals surface area contributed by atoms with E-state index >= 15 is 4.39 Å². The highest BCUT2D eigenvalue weighted by Crippen LogP contribution is 2.34. The lowest BCUT2D eigenvalue weighted by Gasteiger charge is -2.26. The van der Waals surface area contributed by atoms with Gasteiger partial charge < -0.3 is 20.7 Å². The molecule has 0 saturated carbocycles. The van der Waals surface area contributed by atoms with Crippen LogP contribution >= 0.6 is 11.3 Å². The summed E-state index contributed by atoms with van der Waals surface area (Å²) in [6.07, 6.45) is 6.80. The van der Waals surface area contributed by atoms with Crippen molar-refractivity contribution in [2.45, 2.75) is 18.9 Å². The van der Waals surface area contributed by atoms with Crippen molar-refractivity contribution in [2.75, 3.05) is 32.6 Å². The van der Waals surface area contributed by atoms with Crippen molar-refractivity contribution in [3.8, 4) is 5.75 Å². The molecule has 0 radical (unpaired) electrons. The van der Waals surface area contributed by atoms with Crippen molar-refractivity contribution < 1.29 is 9.13 Å². The van der Waals surface area contributed by atoms with Gasteiger partial charge in [-0.3, -0.25) is 4.99 Å². The molecule has 1 aliphatic rings. The second-order valence-electron chi connectivity index (χ2n) is 8.48. The summed E-state index contributed by atoms with van der Waals surface area (Å²) < 4.78 is 21.2. The topological polar surface area (TPSA) is 102 Å². The van der Waals surface area contributed by atoms with E-state index in [4.69, 9.17) is 15.5 Å². The molecule has 8 nitrogen and oxygen atoms in total. The van der Waals surface area contributed by atoms with Crippen LogP contribution in [0.3, 0.4) is 0 Å². The number of aromatic nitrogens is 3. The fourth-order valence-electron chi connectivity index (χ4n) is 4.23. The molecule has 4 aromatic rings. The van der Waals surface area contributed by atoms with Gasteiger partial charge in [-0.05, 0) is 51.2 Å². The van der Waals surface area contributed by atoms with Crippen LogP contribution in [0.2, 0.25) is 0 Å². The van der Waals surface area contributed by atoms with E-state index in [0.29, 0.717) is 38.4 Å². The van der Waals surface area contributed by atoms with Gasteiger partial charge >= 0.3 is 0 Å². The Morgan fingerprint density at radius 3 is 2.83 bits per heavy atom. The SMILES string of the molecule is COc1cc2ncnc(Nc3ccc4ncsc4c3F)c2cc1/C(C=NC1CCN(C)CC1)=C/N. The number of halogens is 1. The second-order valence-corrected chi connectivity index (χ2v) is 9.33. The summed E-state index contributed by atoms with van der Waals surface area (Å²) in [5, 5.41) is 3.84. The lowest BCUT2D eigenvalue weighted by atomic mass is 10.0. The van der Waals surface area contributed by atoms with Crippen molar-refractivity contribution in [3.05, 3.63) is 53.7 Å². The molecule has 3 heterocycles. The van der Waals surface area contributed by atoms with Gasteiger partial charge in [0, 0.05) is 35.0 Å². The average molecular weight is 492 g/mol. The summed E-state index contributed by atoms with van der Waals surface area (Å²) in [6, 6.07) is 7.43. The van der Waals surface area contributed by atoms with E-state index in [2.05, 4.69) is 32.2 Å². The molecule has 1 fully saturated rings. The number of likely N-dealkylation sites (tertiary alicyclic amines) is 1. The Kier molecular flexibility index (Phi) is 6.56. The van der Waals surface area contributed by atoms with E-state index in [0.717, 1.165) is 37.1 Å². The maximum atomic E-state index is 15.1. The number of nitrogens with two attached hydrogens (primary N) is 1. The molecule has 0 unspecified atom stereocenters. The molecule has 0 bridgehead atoms. The van der Waals surface area contributed by atoms with Crippen LogP contribution in [-0.4, -0.2) is 59.4 Å². The summed E-state index contributed by atoms with van der Waals surface area (Å²) in [6.45, 7) is 2.05. The van der Waals surface area contributed by atoms with Crippen molar-refractivity contribution in [1.29, 1.82) is 0 Å². The normalized spacial score (nSPS) is 15.9. The van der Waals surface area contributed by atoms with Crippen LogP contribution in [0.4, 0.5) is 15.9 Å². The first kappa shape index (κ1) is 23.1. The van der Waals surface area contributed by atoms with Crippen LogP contribution in [0.25, 0.3) is 26.7 Å². The highest BCUT2D eigenvalue weighted by molar-refractivity contribution is 7.16. The second kappa shape index (κ2) is 9.93. The largest absolute Gasteiger partial charge is 0.496 e. The van der Waals surface area contributed by atoms with E-state index < -0.39 is 0 Å². The first-order valence-corrected chi connectivity index (χ1v) is 12.2. The summed E-state index contributed by atoms with van der Waals surface area (Å²) in [5.41, 5.74) is 10.7. The molecule has 1 aliphatic heterocycles. The van der Waals surface area contributed by atoms with Crippen LogP contribution in [0.5, 0.6) is 5.75 Å². The first-order valence-electron chi connectivity index (χ1n) is 11.3. The zero-order chi connectivity index (χ0) is 24.4. The van der Waals surface area contributed by atoms with E-state index in [1.807, 2.05) is 18.3 Å². The van der Waals surface area contributed by atoms with Crippen molar-refractivity contribution >= 4 is 55.7 Å². The average Bonchev–Trinajstić information content (AvgIpc) is 3.37. The molecule has 35 heavy (non-hydrogen) atoms. The molecule has 0 amide bonds. The smallest absolute Gasteiger partial charge is 0.166 e. The Hall–Kier alpha value is -3.63. The minimum Gasteiger partial charge on any atom is -0.496 e. The molecule has 180 valence electrons. The zero-order valence-corrected chi connectivity index (χ0v) is 20.3. The predicted octanol–water partition coefficient (Wildman–Crippen LogP) is 4.60. The predicted molar refractivity (Wildman–Crippen MR) is 140 cm³/mol. The number of methoxy groups -OCH3 is 1. The Bertz CT molecular complexity index is 1430. The maximum Gasteiger partial charge on any atom is 0.166 e. The molecular formula is C25H26FN7OS. The molecule has 3 N–H and O–H groups in total. The molecule has 0 spiro atoms. The number of nitrogens with one attached hydrogen (secondary N) is 1.